The van der Waals surface area contributed by atoms with Crippen LogP contribution < -0.4 is 4.74 Å². The van der Waals surface area contributed by atoms with Gasteiger partial charge < -0.3 is 4.74 Å². The van der Waals surface area contributed by atoms with Gasteiger partial charge in [0, 0.05) is 18.0 Å². The molecule has 0 aliphatic rings. The summed E-state index contributed by atoms with van der Waals surface area (Å²) in [5, 5.41) is 0. The van der Waals surface area contributed by atoms with E-state index in [-0.39, 0.29) is 0 Å². The van der Waals surface area contributed by atoms with Gasteiger partial charge in [-0.05, 0) is 55.0 Å². The van der Waals surface area contributed by atoms with Crippen molar-refractivity contribution in [2.24, 2.45) is 5.92 Å². The first-order valence-corrected chi connectivity index (χ1v) is 13.3. The summed E-state index contributed by atoms with van der Waals surface area (Å²) in [6.07, 6.45) is 22.1. The van der Waals surface area contributed by atoms with Gasteiger partial charge in [0.1, 0.15) is 5.75 Å². The maximum Gasteiger partial charge on any atom is 0.159 e. The third kappa shape index (κ3) is 11.1. The Morgan fingerprint density at radius 3 is 2.06 bits per heavy atom. The normalized spacial score (nSPS) is 12.1. The Balaban J connectivity index is 1.61. The number of aromatic nitrogens is 2. The number of hydrogen-bond donors (Lipinski definition) is 0. The van der Waals surface area contributed by atoms with Gasteiger partial charge in [0.2, 0.25) is 0 Å². The van der Waals surface area contributed by atoms with E-state index in [0.29, 0.717) is 0 Å². The van der Waals surface area contributed by atoms with Crippen molar-refractivity contribution < 1.29 is 4.74 Å². The number of rotatable bonds is 18. The molecule has 0 N–H and O–H groups in total. The Labute approximate surface area is 197 Å². The molecule has 0 spiro atoms. The van der Waals surface area contributed by atoms with Crippen molar-refractivity contribution in [2.45, 2.75) is 111 Å². The van der Waals surface area contributed by atoms with Gasteiger partial charge in [0.25, 0.3) is 0 Å². The van der Waals surface area contributed by atoms with Gasteiger partial charge in [-0.25, -0.2) is 9.97 Å². The molecule has 2 rings (SSSR count). The molecule has 1 unspecified atom stereocenters. The van der Waals surface area contributed by atoms with E-state index >= 15 is 0 Å². The third-order valence-corrected chi connectivity index (χ3v) is 6.44. The summed E-state index contributed by atoms with van der Waals surface area (Å²) >= 11 is 0. The number of benzene rings is 1. The highest BCUT2D eigenvalue weighted by molar-refractivity contribution is 5.55. The lowest BCUT2D eigenvalue weighted by molar-refractivity contribution is 0.304. The van der Waals surface area contributed by atoms with Crippen LogP contribution in [-0.4, -0.2) is 16.6 Å². The zero-order chi connectivity index (χ0) is 22.9. The first kappa shape index (κ1) is 26.4. The van der Waals surface area contributed by atoms with Gasteiger partial charge in [-0.2, -0.15) is 0 Å². The third-order valence-electron chi connectivity index (χ3n) is 6.44. The number of aryl methyl sites for hydroxylation is 1. The molecule has 3 heteroatoms. The minimum atomic E-state index is 0.792. The van der Waals surface area contributed by atoms with Crippen LogP contribution >= 0.6 is 0 Å². The van der Waals surface area contributed by atoms with Crippen molar-refractivity contribution in [1.29, 1.82) is 0 Å². The van der Waals surface area contributed by atoms with Gasteiger partial charge in [0.15, 0.2) is 5.82 Å². The fourth-order valence-electron chi connectivity index (χ4n) is 3.96. The summed E-state index contributed by atoms with van der Waals surface area (Å²) in [7, 11) is 0. The minimum Gasteiger partial charge on any atom is -0.494 e. The second-order valence-electron chi connectivity index (χ2n) is 9.38. The highest BCUT2D eigenvalue weighted by Gasteiger charge is 2.03. The lowest BCUT2D eigenvalue weighted by atomic mass is 10.0. The fraction of sp³-hybridized carbons (Fsp3) is 0.655. The highest BCUT2D eigenvalue weighted by Crippen LogP contribution is 2.20. The van der Waals surface area contributed by atoms with Crippen LogP contribution in [0.4, 0.5) is 0 Å². The van der Waals surface area contributed by atoms with Gasteiger partial charge in [0.05, 0.1) is 6.61 Å². The van der Waals surface area contributed by atoms with Gasteiger partial charge in [-0.1, -0.05) is 91.4 Å². The van der Waals surface area contributed by atoms with Crippen molar-refractivity contribution in [1.82, 2.24) is 9.97 Å². The predicted octanol–water partition coefficient (Wildman–Crippen LogP) is 8.81. The molecule has 2 aromatic rings. The Kier molecular flexibility index (Phi) is 13.7. The maximum atomic E-state index is 5.92. The van der Waals surface area contributed by atoms with Crippen LogP contribution in [0.3, 0.4) is 0 Å². The van der Waals surface area contributed by atoms with Gasteiger partial charge in [-0.3, -0.25) is 0 Å². The number of ether oxygens (including phenoxy) is 1. The van der Waals surface area contributed by atoms with Crippen molar-refractivity contribution in [3.05, 3.63) is 42.2 Å². The van der Waals surface area contributed by atoms with E-state index in [0.717, 1.165) is 42.5 Å². The molecule has 32 heavy (non-hydrogen) atoms. The molecule has 0 saturated heterocycles. The summed E-state index contributed by atoms with van der Waals surface area (Å²) in [4.78, 5) is 9.16. The quantitative estimate of drug-likeness (QED) is 0.218. The lowest BCUT2D eigenvalue weighted by Crippen LogP contribution is -1.98. The van der Waals surface area contributed by atoms with Gasteiger partial charge in [-0.15, -0.1) is 0 Å². The zero-order valence-corrected chi connectivity index (χ0v) is 21.0. The molecule has 0 fully saturated rings. The first-order chi connectivity index (χ1) is 15.7. The second kappa shape index (κ2) is 16.7. The predicted molar refractivity (Wildman–Crippen MR) is 137 cm³/mol. The molecule has 0 bridgehead atoms. The topological polar surface area (TPSA) is 35.0 Å². The van der Waals surface area contributed by atoms with Crippen molar-refractivity contribution in [3.63, 3.8) is 0 Å². The smallest absolute Gasteiger partial charge is 0.159 e. The van der Waals surface area contributed by atoms with E-state index < -0.39 is 0 Å². The molecule has 3 nitrogen and oxygen atoms in total. The molecule has 1 aromatic carbocycles. The van der Waals surface area contributed by atoms with E-state index in [4.69, 9.17) is 4.74 Å². The van der Waals surface area contributed by atoms with E-state index in [1.165, 1.54) is 82.6 Å². The highest BCUT2D eigenvalue weighted by atomic mass is 16.5. The van der Waals surface area contributed by atoms with Crippen LogP contribution in [0, 0.1) is 5.92 Å². The Morgan fingerprint density at radius 2 is 1.38 bits per heavy atom. The molecule has 1 atom stereocenters. The summed E-state index contributed by atoms with van der Waals surface area (Å²) in [5.41, 5.74) is 2.29. The summed E-state index contributed by atoms with van der Waals surface area (Å²) in [6.45, 7) is 7.71. The summed E-state index contributed by atoms with van der Waals surface area (Å²) in [6, 6.07) is 8.20. The first-order valence-electron chi connectivity index (χ1n) is 13.3. The maximum absolute atomic E-state index is 5.92. The molecule has 1 heterocycles. The van der Waals surface area contributed by atoms with E-state index in [2.05, 4.69) is 42.9 Å². The van der Waals surface area contributed by atoms with Crippen molar-refractivity contribution in [3.8, 4) is 17.1 Å². The molecule has 1 aromatic heterocycles. The molecule has 0 aliphatic heterocycles. The Morgan fingerprint density at radius 1 is 0.750 bits per heavy atom. The largest absolute Gasteiger partial charge is 0.494 e. The average Bonchev–Trinajstić information content (AvgIpc) is 2.83. The Hall–Kier alpha value is -1.90. The van der Waals surface area contributed by atoms with Crippen LogP contribution in [0.15, 0.2) is 36.7 Å². The van der Waals surface area contributed by atoms with Crippen LogP contribution in [0.25, 0.3) is 11.4 Å². The van der Waals surface area contributed by atoms with E-state index in [9.17, 15) is 0 Å². The fourth-order valence-corrected chi connectivity index (χ4v) is 3.96. The Bertz CT molecular complexity index is 696. The van der Waals surface area contributed by atoms with E-state index in [1.807, 2.05) is 24.5 Å². The zero-order valence-electron chi connectivity index (χ0n) is 21.0. The molecule has 178 valence electrons. The molecule has 0 amide bonds. The molecule has 0 saturated carbocycles. The number of nitrogens with zero attached hydrogens (tertiary/aromatic N) is 2. The van der Waals surface area contributed by atoms with Crippen LogP contribution in [0.5, 0.6) is 5.75 Å². The number of unbranched alkanes of at least 4 members (excludes halogenated alkanes) is 9. The minimum absolute atomic E-state index is 0.792. The summed E-state index contributed by atoms with van der Waals surface area (Å²) in [5.74, 6) is 2.61. The SMILES string of the molecule is CCCCCCCCc1cnc(-c2ccc(OCCCCCCCC(C)CC)cc2)nc1. The van der Waals surface area contributed by atoms with E-state index in [1.54, 1.807) is 0 Å². The number of hydrogen-bond acceptors (Lipinski definition) is 3. The average molecular weight is 439 g/mol. The van der Waals surface area contributed by atoms with Crippen LogP contribution in [0.2, 0.25) is 0 Å². The molecule has 0 radical (unpaired) electrons. The lowest BCUT2D eigenvalue weighted by Gasteiger charge is -2.09. The standard InChI is InChI=1S/C29H46N2O/c1-4-6-7-8-11-14-17-26-23-30-29(31-24-26)27-18-20-28(21-19-27)32-22-15-12-9-10-13-16-25(3)5-2/h18-21,23-25H,4-17,22H2,1-3H3. The second-order valence-corrected chi connectivity index (χ2v) is 9.38. The van der Waals surface area contributed by atoms with Gasteiger partial charge >= 0.3 is 0 Å². The van der Waals surface area contributed by atoms with Crippen molar-refractivity contribution in [2.75, 3.05) is 6.61 Å². The van der Waals surface area contributed by atoms with Crippen LogP contribution in [-0.2, 0) is 6.42 Å². The van der Waals surface area contributed by atoms with Crippen molar-refractivity contribution >= 4 is 0 Å². The monoisotopic (exact) mass is 438 g/mol. The molecular formula is C29H46N2O. The molecular weight excluding hydrogens is 392 g/mol. The van der Waals surface area contributed by atoms with Crippen LogP contribution in [0.1, 0.15) is 110 Å². The molecule has 0 aliphatic carbocycles. The summed E-state index contributed by atoms with van der Waals surface area (Å²) < 4.78 is 5.92.